The SMILES string of the molecule is CCCCCOc1ccc(C2C(C(=O)c3cc4cccc(OC)c4o3)=C(O)C(=O)N2CCN2CCOCC2)cc1. The molecule has 1 aromatic heterocycles. The predicted molar refractivity (Wildman–Crippen MR) is 150 cm³/mol. The number of nitrogens with zero attached hydrogens (tertiary/aromatic N) is 2. The van der Waals surface area contributed by atoms with Crippen LogP contribution in [0.2, 0.25) is 0 Å². The third-order valence-corrected chi connectivity index (χ3v) is 7.47. The van der Waals surface area contributed by atoms with Gasteiger partial charge in [0.25, 0.3) is 5.91 Å². The van der Waals surface area contributed by atoms with Crippen molar-refractivity contribution in [2.75, 3.05) is 53.1 Å². The molecule has 3 aromatic rings. The van der Waals surface area contributed by atoms with Gasteiger partial charge in [-0.15, -0.1) is 0 Å². The van der Waals surface area contributed by atoms with Gasteiger partial charge in [-0.05, 0) is 36.2 Å². The van der Waals surface area contributed by atoms with E-state index in [9.17, 15) is 14.7 Å². The molecular formula is C31H36N2O7. The summed E-state index contributed by atoms with van der Waals surface area (Å²) in [4.78, 5) is 31.1. The Morgan fingerprint density at radius 2 is 1.85 bits per heavy atom. The van der Waals surface area contributed by atoms with Gasteiger partial charge >= 0.3 is 0 Å². The number of furan rings is 1. The molecule has 1 saturated heterocycles. The number of rotatable bonds is 12. The van der Waals surface area contributed by atoms with Crippen LogP contribution in [0.3, 0.4) is 0 Å². The summed E-state index contributed by atoms with van der Waals surface area (Å²) in [6, 6.07) is 13.6. The highest BCUT2D eigenvalue weighted by Crippen LogP contribution is 2.40. The number of unbranched alkanes of at least 4 members (excludes halogenated alkanes) is 2. The van der Waals surface area contributed by atoms with Gasteiger partial charge in [0.05, 0.1) is 38.5 Å². The lowest BCUT2D eigenvalue weighted by Gasteiger charge is -2.31. The molecular weight excluding hydrogens is 512 g/mol. The summed E-state index contributed by atoms with van der Waals surface area (Å²) in [6.45, 7) is 6.52. The Morgan fingerprint density at radius 1 is 1.07 bits per heavy atom. The Bertz CT molecular complexity index is 1370. The van der Waals surface area contributed by atoms with Crippen LogP contribution >= 0.6 is 0 Å². The van der Waals surface area contributed by atoms with Crippen LogP contribution in [0.25, 0.3) is 11.0 Å². The number of ether oxygens (including phenoxy) is 3. The van der Waals surface area contributed by atoms with E-state index in [-0.39, 0.29) is 11.3 Å². The molecule has 1 N–H and O–H groups in total. The maximum Gasteiger partial charge on any atom is 0.290 e. The number of aliphatic hydroxyl groups excluding tert-OH is 1. The predicted octanol–water partition coefficient (Wildman–Crippen LogP) is 4.92. The monoisotopic (exact) mass is 548 g/mol. The van der Waals surface area contributed by atoms with Gasteiger partial charge in [0, 0.05) is 31.6 Å². The minimum Gasteiger partial charge on any atom is -0.503 e. The molecule has 40 heavy (non-hydrogen) atoms. The van der Waals surface area contributed by atoms with Crippen molar-refractivity contribution in [3.8, 4) is 11.5 Å². The zero-order valence-electron chi connectivity index (χ0n) is 23.1. The van der Waals surface area contributed by atoms with Gasteiger partial charge in [0.2, 0.25) is 5.78 Å². The Kier molecular flexibility index (Phi) is 8.72. The van der Waals surface area contributed by atoms with E-state index in [1.54, 1.807) is 17.0 Å². The first-order valence-corrected chi connectivity index (χ1v) is 13.9. The highest BCUT2D eigenvalue weighted by Gasteiger charge is 2.44. The summed E-state index contributed by atoms with van der Waals surface area (Å²) in [5, 5.41) is 11.8. The number of Topliss-reactive ketones (excluding diaryl/α,β-unsaturated/α-hetero) is 1. The Hall–Kier alpha value is -3.82. The van der Waals surface area contributed by atoms with E-state index in [4.69, 9.17) is 18.6 Å². The lowest BCUT2D eigenvalue weighted by atomic mass is 9.95. The second kappa shape index (κ2) is 12.6. The molecule has 9 heteroatoms. The fraction of sp³-hybridized carbons (Fsp3) is 0.419. The van der Waals surface area contributed by atoms with Crippen molar-refractivity contribution in [2.45, 2.75) is 32.2 Å². The fourth-order valence-electron chi connectivity index (χ4n) is 5.27. The minimum absolute atomic E-state index is 0.00150. The van der Waals surface area contributed by atoms with Crippen molar-refractivity contribution in [1.82, 2.24) is 9.80 Å². The van der Waals surface area contributed by atoms with Gasteiger partial charge in [-0.25, -0.2) is 0 Å². The lowest BCUT2D eigenvalue weighted by Crippen LogP contribution is -2.43. The summed E-state index contributed by atoms with van der Waals surface area (Å²) >= 11 is 0. The van der Waals surface area contributed by atoms with Crippen LogP contribution in [0.4, 0.5) is 0 Å². The molecule has 0 saturated carbocycles. The Morgan fingerprint density at radius 3 is 2.58 bits per heavy atom. The third-order valence-electron chi connectivity index (χ3n) is 7.47. The maximum absolute atomic E-state index is 13.9. The van der Waals surface area contributed by atoms with E-state index in [1.807, 2.05) is 36.4 Å². The quantitative estimate of drug-likeness (QED) is 0.251. The minimum atomic E-state index is -0.773. The van der Waals surface area contributed by atoms with E-state index in [0.717, 1.165) is 38.1 Å². The lowest BCUT2D eigenvalue weighted by molar-refractivity contribution is -0.129. The van der Waals surface area contributed by atoms with Crippen LogP contribution in [0.1, 0.15) is 48.3 Å². The Balaban J connectivity index is 1.45. The van der Waals surface area contributed by atoms with Gasteiger partial charge < -0.3 is 28.6 Å². The third kappa shape index (κ3) is 5.71. The number of hydrogen-bond donors (Lipinski definition) is 1. The first-order valence-electron chi connectivity index (χ1n) is 13.9. The molecule has 5 rings (SSSR count). The number of aliphatic hydroxyl groups is 1. The normalized spacial score (nSPS) is 18.1. The van der Waals surface area contributed by atoms with Crippen LogP contribution in [0, 0.1) is 0 Å². The first kappa shape index (κ1) is 27.7. The summed E-state index contributed by atoms with van der Waals surface area (Å²) < 4.78 is 22.6. The topological polar surface area (TPSA) is 102 Å². The zero-order valence-corrected chi connectivity index (χ0v) is 23.1. The molecule has 212 valence electrons. The fourth-order valence-corrected chi connectivity index (χ4v) is 5.27. The van der Waals surface area contributed by atoms with E-state index in [1.165, 1.54) is 7.11 Å². The summed E-state index contributed by atoms with van der Waals surface area (Å²) in [7, 11) is 1.53. The molecule has 2 aromatic carbocycles. The van der Waals surface area contributed by atoms with E-state index >= 15 is 0 Å². The average Bonchev–Trinajstić information content (AvgIpc) is 3.54. The number of morpholine rings is 1. The number of carbonyl (C=O) groups is 2. The molecule has 9 nitrogen and oxygen atoms in total. The number of methoxy groups -OCH3 is 1. The van der Waals surface area contributed by atoms with E-state index < -0.39 is 23.5 Å². The van der Waals surface area contributed by atoms with Crippen LogP contribution in [0.15, 0.2) is 64.3 Å². The number of para-hydroxylation sites is 1. The molecule has 0 bridgehead atoms. The second-order valence-corrected chi connectivity index (χ2v) is 10.1. The number of benzene rings is 2. The average molecular weight is 549 g/mol. The van der Waals surface area contributed by atoms with Crippen molar-refractivity contribution in [3.63, 3.8) is 0 Å². The van der Waals surface area contributed by atoms with E-state index in [0.29, 0.717) is 55.2 Å². The summed E-state index contributed by atoms with van der Waals surface area (Å²) in [5.74, 6) is -0.419. The zero-order chi connectivity index (χ0) is 28.1. The van der Waals surface area contributed by atoms with Gasteiger partial charge in [-0.2, -0.15) is 0 Å². The van der Waals surface area contributed by atoms with Gasteiger partial charge in [-0.1, -0.05) is 44.0 Å². The van der Waals surface area contributed by atoms with Crippen molar-refractivity contribution < 1.29 is 33.3 Å². The molecule has 3 heterocycles. The molecule has 0 aliphatic carbocycles. The largest absolute Gasteiger partial charge is 0.503 e. The van der Waals surface area contributed by atoms with Gasteiger partial charge in [0.1, 0.15) is 5.75 Å². The number of hydrogen-bond acceptors (Lipinski definition) is 8. The van der Waals surface area contributed by atoms with Crippen molar-refractivity contribution in [2.24, 2.45) is 0 Å². The van der Waals surface area contributed by atoms with Gasteiger partial charge in [-0.3, -0.25) is 14.5 Å². The second-order valence-electron chi connectivity index (χ2n) is 10.1. The van der Waals surface area contributed by atoms with Crippen molar-refractivity contribution >= 4 is 22.7 Å². The molecule has 1 atom stereocenters. The number of ketones is 1. The highest BCUT2D eigenvalue weighted by atomic mass is 16.5. The van der Waals surface area contributed by atoms with E-state index in [2.05, 4.69) is 11.8 Å². The van der Waals surface area contributed by atoms with Crippen LogP contribution < -0.4 is 9.47 Å². The summed E-state index contributed by atoms with van der Waals surface area (Å²) in [5.41, 5.74) is 1.14. The molecule has 1 amide bonds. The number of carbonyl (C=O) groups excluding carboxylic acids is 2. The Labute approximate surface area is 233 Å². The molecule has 1 unspecified atom stereocenters. The van der Waals surface area contributed by atoms with Gasteiger partial charge in [0.15, 0.2) is 22.9 Å². The highest BCUT2D eigenvalue weighted by molar-refractivity contribution is 6.16. The standard InChI is InChI=1S/C31H36N2O7/c1-3-4-5-17-39-23-11-9-21(10-12-23)27-26(28(34)25-20-22-7-6-8-24(37-2)30(22)40-25)29(35)31(36)33(27)14-13-32-15-18-38-19-16-32/h6-12,20,27,35H,3-5,13-19H2,1-2H3. The number of amides is 1. The maximum atomic E-state index is 13.9. The van der Waals surface area contributed by atoms with Crippen molar-refractivity contribution in [1.29, 1.82) is 0 Å². The van der Waals surface area contributed by atoms with Crippen molar-refractivity contribution in [3.05, 3.63) is 71.2 Å². The number of fused-ring (bicyclic) bond motifs is 1. The molecule has 2 aliphatic heterocycles. The van der Waals surface area contributed by atoms with Crippen LogP contribution in [0.5, 0.6) is 11.5 Å². The smallest absolute Gasteiger partial charge is 0.290 e. The summed E-state index contributed by atoms with van der Waals surface area (Å²) in [6.07, 6.45) is 3.19. The molecule has 0 spiro atoms. The first-order chi connectivity index (χ1) is 19.5. The molecule has 1 fully saturated rings. The van der Waals surface area contributed by atoms with Crippen LogP contribution in [-0.2, 0) is 9.53 Å². The molecule has 2 aliphatic rings. The molecule has 0 radical (unpaired) electrons. The van der Waals surface area contributed by atoms with Crippen LogP contribution in [-0.4, -0.2) is 79.7 Å².